The van der Waals surface area contributed by atoms with Gasteiger partial charge < -0.3 is 10.2 Å². The van der Waals surface area contributed by atoms with Gasteiger partial charge in [0, 0.05) is 26.3 Å². The SMILES string of the molecule is CCN(CC(C)C#N)C(=O)c1cnc(NC)c(Cl)c1. The van der Waals surface area contributed by atoms with Crippen LogP contribution in [0.25, 0.3) is 0 Å². The highest BCUT2D eigenvalue weighted by molar-refractivity contribution is 6.33. The van der Waals surface area contributed by atoms with Crippen molar-refractivity contribution in [3.63, 3.8) is 0 Å². The monoisotopic (exact) mass is 280 g/mol. The lowest BCUT2D eigenvalue weighted by atomic mass is 10.1. The summed E-state index contributed by atoms with van der Waals surface area (Å²) in [5.41, 5.74) is 0.427. The molecule has 0 saturated heterocycles. The van der Waals surface area contributed by atoms with Crippen LogP contribution in [0.4, 0.5) is 5.82 Å². The molecule has 5 nitrogen and oxygen atoms in total. The Morgan fingerprint density at radius 2 is 2.37 bits per heavy atom. The molecule has 102 valence electrons. The third kappa shape index (κ3) is 3.83. The number of nitriles is 1. The quantitative estimate of drug-likeness (QED) is 0.899. The van der Waals surface area contributed by atoms with Crippen LogP contribution in [-0.2, 0) is 0 Å². The summed E-state index contributed by atoms with van der Waals surface area (Å²) in [7, 11) is 1.71. The molecule has 6 heteroatoms. The Hall–Kier alpha value is -1.80. The molecule has 0 bridgehead atoms. The first-order chi connectivity index (χ1) is 9.03. The normalized spacial score (nSPS) is 11.5. The number of aromatic nitrogens is 1. The number of amides is 1. The highest BCUT2D eigenvalue weighted by atomic mass is 35.5. The average Bonchev–Trinajstić information content (AvgIpc) is 2.43. The van der Waals surface area contributed by atoms with Gasteiger partial charge >= 0.3 is 0 Å². The molecule has 1 rings (SSSR count). The average molecular weight is 281 g/mol. The molecule has 1 N–H and O–H groups in total. The second kappa shape index (κ2) is 6.95. The summed E-state index contributed by atoms with van der Waals surface area (Å²) in [5, 5.41) is 12.0. The van der Waals surface area contributed by atoms with E-state index >= 15 is 0 Å². The highest BCUT2D eigenvalue weighted by Gasteiger charge is 2.18. The zero-order chi connectivity index (χ0) is 14.4. The number of rotatable bonds is 5. The molecule has 1 atom stereocenters. The summed E-state index contributed by atoms with van der Waals surface area (Å²) in [6.45, 7) is 4.59. The van der Waals surface area contributed by atoms with Gasteiger partial charge in [-0.05, 0) is 19.9 Å². The molecule has 0 fully saturated rings. The van der Waals surface area contributed by atoms with Gasteiger partial charge in [-0.25, -0.2) is 4.98 Å². The minimum absolute atomic E-state index is 0.165. The second-order valence-corrected chi connectivity index (χ2v) is 4.59. The van der Waals surface area contributed by atoms with Crippen LogP contribution in [0.2, 0.25) is 5.02 Å². The van der Waals surface area contributed by atoms with E-state index in [4.69, 9.17) is 16.9 Å². The standard InChI is InChI=1S/C13H17ClN4O/c1-4-18(8-9(2)6-15)13(19)10-5-11(14)12(16-3)17-7-10/h5,7,9H,4,8H2,1-3H3,(H,16,17). The number of hydrogen-bond acceptors (Lipinski definition) is 4. The zero-order valence-corrected chi connectivity index (χ0v) is 12.0. The fraction of sp³-hybridized carbons (Fsp3) is 0.462. The van der Waals surface area contributed by atoms with Crippen molar-refractivity contribution in [1.29, 1.82) is 5.26 Å². The minimum Gasteiger partial charge on any atom is -0.372 e. The van der Waals surface area contributed by atoms with Crippen LogP contribution < -0.4 is 5.32 Å². The van der Waals surface area contributed by atoms with Gasteiger partial charge in [0.25, 0.3) is 5.91 Å². The third-order valence-electron chi connectivity index (χ3n) is 2.71. The number of nitrogens with one attached hydrogen (secondary N) is 1. The van der Waals surface area contributed by atoms with E-state index in [1.165, 1.54) is 6.20 Å². The van der Waals surface area contributed by atoms with Crippen LogP contribution in [-0.4, -0.2) is 35.9 Å². The summed E-state index contributed by atoms with van der Waals surface area (Å²) in [6, 6.07) is 3.71. The molecule has 0 spiro atoms. The predicted octanol–water partition coefficient (Wildman–Crippen LogP) is 2.40. The fourth-order valence-electron chi connectivity index (χ4n) is 1.65. The Balaban J connectivity index is 2.92. The zero-order valence-electron chi connectivity index (χ0n) is 11.3. The van der Waals surface area contributed by atoms with Crippen LogP contribution in [0.1, 0.15) is 24.2 Å². The lowest BCUT2D eigenvalue weighted by molar-refractivity contribution is 0.0752. The topological polar surface area (TPSA) is 69.0 Å². The molecule has 19 heavy (non-hydrogen) atoms. The Labute approximate surface area is 118 Å². The highest BCUT2D eigenvalue weighted by Crippen LogP contribution is 2.20. The number of carbonyl (C=O) groups is 1. The van der Waals surface area contributed by atoms with E-state index in [-0.39, 0.29) is 11.8 Å². The van der Waals surface area contributed by atoms with E-state index in [0.717, 1.165) is 0 Å². The number of carbonyl (C=O) groups excluding carboxylic acids is 1. The van der Waals surface area contributed by atoms with Crippen LogP contribution >= 0.6 is 11.6 Å². The van der Waals surface area contributed by atoms with Gasteiger partial charge in [-0.2, -0.15) is 5.26 Å². The van der Waals surface area contributed by atoms with Gasteiger partial charge in [0.2, 0.25) is 0 Å². The fourth-order valence-corrected chi connectivity index (χ4v) is 1.91. The van der Waals surface area contributed by atoms with Crippen molar-refractivity contribution in [1.82, 2.24) is 9.88 Å². The van der Waals surface area contributed by atoms with Crippen molar-refractivity contribution in [2.24, 2.45) is 5.92 Å². The molecule has 0 saturated carbocycles. The van der Waals surface area contributed by atoms with Crippen molar-refractivity contribution < 1.29 is 4.79 Å². The molecule has 1 aromatic heterocycles. The Morgan fingerprint density at radius 1 is 1.68 bits per heavy atom. The van der Waals surface area contributed by atoms with E-state index in [1.54, 1.807) is 24.9 Å². The molecule has 1 heterocycles. The van der Waals surface area contributed by atoms with Crippen molar-refractivity contribution in [3.05, 3.63) is 22.8 Å². The van der Waals surface area contributed by atoms with E-state index in [1.807, 2.05) is 6.92 Å². The molecule has 1 unspecified atom stereocenters. The van der Waals surface area contributed by atoms with Crippen molar-refractivity contribution in [2.75, 3.05) is 25.5 Å². The van der Waals surface area contributed by atoms with Gasteiger partial charge in [0.05, 0.1) is 22.6 Å². The molecule has 1 amide bonds. The van der Waals surface area contributed by atoms with E-state index in [0.29, 0.717) is 29.5 Å². The molecule has 0 aliphatic rings. The van der Waals surface area contributed by atoms with Crippen molar-refractivity contribution in [2.45, 2.75) is 13.8 Å². The molecule has 0 radical (unpaired) electrons. The lowest BCUT2D eigenvalue weighted by Crippen LogP contribution is -2.34. The maximum atomic E-state index is 12.3. The first-order valence-electron chi connectivity index (χ1n) is 6.05. The Bertz CT molecular complexity index is 498. The summed E-state index contributed by atoms with van der Waals surface area (Å²) < 4.78 is 0. The summed E-state index contributed by atoms with van der Waals surface area (Å²) in [4.78, 5) is 18.0. The molecular weight excluding hydrogens is 264 g/mol. The van der Waals surface area contributed by atoms with Crippen LogP contribution in [0.5, 0.6) is 0 Å². The first kappa shape index (κ1) is 15.3. The smallest absolute Gasteiger partial charge is 0.255 e. The van der Waals surface area contributed by atoms with E-state index in [2.05, 4.69) is 16.4 Å². The number of anilines is 1. The van der Waals surface area contributed by atoms with Gasteiger partial charge in [-0.1, -0.05) is 11.6 Å². The molecule has 0 aromatic carbocycles. The largest absolute Gasteiger partial charge is 0.372 e. The maximum absolute atomic E-state index is 12.3. The Morgan fingerprint density at radius 3 is 2.84 bits per heavy atom. The number of hydrogen-bond donors (Lipinski definition) is 1. The first-order valence-corrected chi connectivity index (χ1v) is 6.43. The van der Waals surface area contributed by atoms with Crippen LogP contribution in [0.3, 0.4) is 0 Å². The second-order valence-electron chi connectivity index (χ2n) is 4.18. The molecular formula is C13H17ClN4O. The van der Waals surface area contributed by atoms with Gasteiger partial charge in [-0.15, -0.1) is 0 Å². The predicted molar refractivity (Wildman–Crippen MR) is 75.1 cm³/mol. The van der Waals surface area contributed by atoms with E-state index < -0.39 is 0 Å². The lowest BCUT2D eigenvalue weighted by Gasteiger charge is -2.22. The van der Waals surface area contributed by atoms with Gasteiger partial charge in [0.15, 0.2) is 0 Å². The number of nitrogens with zero attached hydrogens (tertiary/aromatic N) is 3. The van der Waals surface area contributed by atoms with Gasteiger partial charge in [0.1, 0.15) is 5.82 Å². The van der Waals surface area contributed by atoms with Crippen molar-refractivity contribution >= 4 is 23.3 Å². The number of halogens is 1. The molecule has 0 aliphatic heterocycles. The minimum atomic E-state index is -0.205. The maximum Gasteiger partial charge on any atom is 0.255 e. The van der Waals surface area contributed by atoms with Gasteiger partial charge in [-0.3, -0.25) is 4.79 Å². The Kier molecular flexibility index (Phi) is 5.58. The summed E-state index contributed by atoms with van der Waals surface area (Å²) in [5.74, 6) is 0.164. The number of pyridine rings is 1. The van der Waals surface area contributed by atoms with E-state index in [9.17, 15) is 4.79 Å². The summed E-state index contributed by atoms with van der Waals surface area (Å²) >= 11 is 6.01. The van der Waals surface area contributed by atoms with Crippen LogP contribution in [0.15, 0.2) is 12.3 Å². The van der Waals surface area contributed by atoms with Crippen LogP contribution in [0, 0.1) is 17.2 Å². The van der Waals surface area contributed by atoms with Crippen molar-refractivity contribution in [3.8, 4) is 6.07 Å². The third-order valence-corrected chi connectivity index (χ3v) is 3.00. The molecule has 0 aliphatic carbocycles. The molecule has 1 aromatic rings. The summed E-state index contributed by atoms with van der Waals surface area (Å²) in [6.07, 6.45) is 1.49.